The van der Waals surface area contributed by atoms with Crippen molar-refractivity contribution in [2.75, 3.05) is 18.1 Å². The topological polar surface area (TPSA) is 63.7 Å². The van der Waals surface area contributed by atoms with Crippen LogP contribution >= 0.6 is 23.2 Å². The number of carbonyl (C=O) groups is 1. The Bertz CT molecular complexity index is 993. The fraction of sp³-hybridized carbons (Fsp3) is 0.409. The highest BCUT2D eigenvalue weighted by atomic mass is 35.5. The van der Waals surface area contributed by atoms with Gasteiger partial charge in [-0.1, -0.05) is 42.6 Å². The number of hydrogen-bond donors (Lipinski definition) is 0. The zero-order valence-corrected chi connectivity index (χ0v) is 19.1. The summed E-state index contributed by atoms with van der Waals surface area (Å²) in [6.45, 7) is 2.94. The Morgan fingerprint density at radius 3 is 2.50 bits per heavy atom. The molecule has 1 saturated heterocycles. The van der Waals surface area contributed by atoms with E-state index in [0.717, 1.165) is 18.4 Å². The highest BCUT2D eigenvalue weighted by Crippen LogP contribution is 2.27. The molecule has 3 rings (SSSR count). The van der Waals surface area contributed by atoms with Crippen molar-refractivity contribution in [3.8, 4) is 5.75 Å². The molecule has 0 bridgehead atoms. The zero-order chi connectivity index (χ0) is 21.7. The predicted molar refractivity (Wildman–Crippen MR) is 120 cm³/mol. The lowest BCUT2D eigenvalue weighted by atomic mass is 10.1. The lowest BCUT2D eigenvalue weighted by molar-refractivity contribution is 0.0681. The van der Waals surface area contributed by atoms with Gasteiger partial charge in [0.2, 0.25) is 0 Å². The van der Waals surface area contributed by atoms with Gasteiger partial charge in [-0.15, -0.1) is 0 Å². The minimum atomic E-state index is -3.15. The van der Waals surface area contributed by atoms with Crippen LogP contribution in [0.15, 0.2) is 42.5 Å². The lowest BCUT2D eigenvalue weighted by Gasteiger charge is -2.29. The second-order valence-corrected chi connectivity index (χ2v) is 10.5. The molecule has 1 amide bonds. The molecule has 0 spiro atoms. The highest BCUT2D eigenvalue weighted by Gasteiger charge is 2.35. The monoisotopic (exact) mass is 469 g/mol. The second kappa shape index (κ2) is 10.0. The van der Waals surface area contributed by atoms with Gasteiger partial charge in [0.25, 0.3) is 5.91 Å². The van der Waals surface area contributed by atoms with E-state index in [4.69, 9.17) is 27.9 Å². The number of carbonyl (C=O) groups excluding carboxylic acids is 1. The smallest absolute Gasteiger partial charge is 0.254 e. The van der Waals surface area contributed by atoms with Crippen molar-refractivity contribution < 1.29 is 17.9 Å². The van der Waals surface area contributed by atoms with Gasteiger partial charge in [-0.2, -0.15) is 0 Å². The maximum Gasteiger partial charge on any atom is 0.254 e. The van der Waals surface area contributed by atoms with Crippen LogP contribution in [0.3, 0.4) is 0 Å². The number of benzene rings is 2. The fourth-order valence-electron chi connectivity index (χ4n) is 3.42. The molecule has 0 aliphatic carbocycles. The molecule has 1 aliphatic heterocycles. The fourth-order valence-corrected chi connectivity index (χ4v) is 5.61. The Kier molecular flexibility index (Phi) is 7.66. The summed E-state index contributed by atoms with van der Waals surface area (Å²) < 4.78 is 29.7. The summed E-state index contributed by atoms with van der Waals surface area (Å²) >= 11 is 12.3. The van der Waals surface area contributed by atoms with Crippen molar-refractivity contribution in [2.24, 2.45) is 0 Å². The molecule has 0 radical (unpaired) electrons. The SMILES string of the molecule is CCCCOc1ccc(C(=O)N(Cc2ccc(Cl)cc2Cl)[C@@H]2CCS(=O)(=O)C2)cc1. The first-order valence-corrected chi connectivity index (χ1v) is 12.5. The largest absolute Gasteiger partial charge is 0.494 e. The molecule has 1 heterocycles. The molecular weight excluding hydrogens is 445 g/mol. The Balaban J connectivity index is 1.83. The first-order valence-electron chi connectivity index (χ1n) is 9.97. The number of amides is 1. The van der Waals surface area contributed by atoms with Crippen LogP contribution in [0.1, 0.15) is 42.1 Å². The van der Waals surface area contributed by atoms with E-state index in [1.165, 1.54) is 0 Å². The first-order chi connectivity index (χ1) is 14.3. The van der Waals surface area contributed by atoms with Crippen LogP contribution in [0.5, 0.6) is 5.75 Å². The van der Waals surface area contributed by atoms with E-state index in [1.54, 1.807) is 47.4 Å². The summed E-state index contributed by atoms with van der Waals surface area (Å²) in [6, 6.07) is 11.7. The van der Waals surface area contributed by atoms with Crippen molar-refractivity contribution in [1.82, 2.24) is 4.90 Å². The molecule has 162 valence electrons. The number of unbranched alkanes of at least 4 members (excludes halogenated alkanes) is 1. The minimum absolute atomic E-state index is 0.0395. The van der Waals surface area contributed by atoms with Crippen LogP contribution < -0.4 is 4.74 Å². The first kappa shape index (κ1) is 22.9. The van der Waals surface area contributed by atoms with Gasteiger partial charge in [0.1, 0.15) is 5.75 Å². The van der Waals surface area contributed by atoms with E-state index in [0.29, 0.717) is 34.4 Å². The molecule has 5 nitrogen and oxygen atoms in total. The maximum atomic E-state index is 13.3. The van der Waals surface area contributed by atoms with Gasteiger partial charge in [0.15, 0.2) is 9.84 Å². The van der Waals surface area contributed by atoms with Crippen molar-refractivity contribution in [3.05, 3.63) is 63.6 Å². The quantitative estimate of drug-likeness (QED) is 0.510. The lowest BCUT2D eigenvalue weighted by Crippen LogP contribution is -2.40. The van der Waals surface area contributed by atoms with E-state index in [1.807, 2.05) is 0 Å². The highest BCUT2D eigenvalue weighted by molar-refractivity contribution is 7.91. The van der Waals surface area contributed by atoms with Gasteiger partial charge in [0, 0.05) is 28.2 Å². The zero-order valence-electron chi connectivity index (χ0n) is 16.8. The van der Waals surface area contributed by atoms with Gasteiger partial charge in [-0.05, 0) is 54.8 Å². The van der Waals surface area contributed by atoms with Crippen LogP contribution in [0.25, 0.3) is 0 Å². The summed E-state index contributed by atoms with van der Waals surface area (Å²) in [6.07, 6.45) is 2.42. The van der Waals surface area contributed by atoms with Crippen molar-refractivity contribution in [2.45, 2.75) is 38.8 Å². The van der Waals surface area contributed by atoms with Crippen molar-refractivity contribution >= 4 is 38.9 Å². The molecule has 2 aromatic carbocycles. The number of hydrogen-bond acceptors (Lipinski definition) is 4. The Labute approximate surface area is 187 Å². The molecule has 8 heteroatoms. The van der Waals surface area contributed by atoms with Gasteiger partial charge >= 0.3 is 0 Å². The summed E-state index contributed by atoms with van der Waals surface area (Å²) in [5.41, 5.74) is 1.20. The average molecular weight is 470 g/mol. The normalized spacial score (nSPS) is 17.6. The van der Waals surface area contributed by atoms with E-state index in [9.17, 15) is 13.2 Å². The van der Waals surface area contributed by atoms with E-state index in [2.05, 4.69) is 6.92 Å². The molecule has 0 saturated carbocycles. The summed E-state index contributed by atoms with van der Waals surface area (Å²) in [4.78, 5) is 14.9. The third kappa shape index (κ3) is 5.90. The van der Waals surface area contributed by atoms with Crippen LogP contribution in [-0.2, 0) is 16.4 Å². The van der Waals surface area contributed by atoms with Crippen molar-refractivity contribution in [1.29, 1.82) is 0 Å². The van der Waals surface area contributed by atoms with Gasteiger partial charge < -0.3 is 9.64 Å². The number of halogens is 2. The summed E-state index contributed by atoms with van der Waals surface area (Å²) in [5.74, 6) is 0.515. The molecule has 1 aliphatic rings. The average Bonchev–Trinajstić information content (AvgIpc) is 3.07. The molecule has 0 aromatic heterocycles. The minimum Gasteiger partial charge on any atom is -0.494 e. The number of rotatable bonds is 8. The standard InChI is InChI=1S/C22H25Cl2NO4S/c1-2-3-11-29-20-8-5-16(6-9-20)22(26)25(19-10-12-30(27,28)15-19)14-17-4-7-18(23)13-21(17)24/h4-9,13,19H,2-3,10-12,14-15H2,1H3/t19-/m1/s1. The third-order valence-electron chi connectivity index (χ3n) is 5.13. The van der Waals surface area contributed by atoms with E-state index < -0.39 is 15.9 Å². The summed E-state index contributed by atoms with van der Waals surface area (Å²) in [5, 5.41) is 0.949. The number of sulfone groups is 1. The predicted octanol–water partition coefficient (Wildman–Crippen LogP) is 5.00. The molecule has 0 unspecified atom stereocenters. The van der Waals surface area contributed by atoms with E-state index >= 15 is 0 Å². The molecule has 30 heavy (non-hydrogen) atoms. The maximum absolute atomic E-state index is 13.3. The number of ether oxygens (including phenoxy) is 1. The van der Waals surface area contributed by atoms with Crippen LogP contribution in [0.4, 0.5) is 0 Å². The molecule has 1 fully saturated rings. The molecular formula is C22H25Cl2NO4S. The Morgan fingerprint density at radius 1 is 1.17 bits per heavy atom. The van der Waals surface area contributed by atoms with Crippen LogP contribution in [-0.4, -0.2) is 43.4 Å². The molecule has 2 aromatic rings. The van der Waals surface area contributed by atoms with Crippen LogP contribution in [0, 0.1) is 0 Å². The summed E-state index contributed by atoms with van der Waals surface area (Å²) in [7, 11) is -3.15. The Morgan fingerprint density at radius 2 is 1.90 bits per heavy atom. The number of nitrogens with zero attached hydrogens (tertiary/aromatic N) is 1. The van der Waals surface area contributed by atoms with Crippen molar-refractivity contribution in [3.63, 3.8) is 0 Å². The van der Waals surface area contributed by atoms with E-state index in [-0.39, 0.29) is 24.0 Å². The third-order valence-corrected chi connectivity index (χ3v) is 7.47. The van der Waals surface area contributed by atoms with Gasteiger partial charge in [-0.25, -0.2) is 8.42 Å². The van der Waals surface area contributed by atoms with Gasteiger partial charge in [-0.3, -0.25) is 4.79 Å². The Hall–Kier alpha value is -1.76. The van der Waals surface area contributed by atoms with Gasteiger partial charge in [0.05, 0.1) is 18.1 Å². The second-order valence-electron chi connectivity index (χ2n) is 7.45. The molecule has 1 atom stereocenters. The van der Waals surface area contributed by atoms with Crippen LogP contribution in [0.2, 0.25) is 10.0 Å². The molecule has 0 N–H and O–H groups in total.